The number of nitro benzene ring substituents is 1. The SMILES string of the molecule is O=[N+]([O-])c1ccc2[nH]c(COC3CCCCO3)cc2c1. The fourth-order valence-electron chi connectivity index (χ4n) is 2.40. The summed E-state index contributed by atoms with van der Waals surface area (Å²) >= 11 is 0. The van der Waals surface area contributed by atoms with Crippen LogP contribution in [-0.4, -0.2) is 22.8 Å². The number of nitrogens with zero attached hydrogens (tertiary/aromatic N) is 1. The van der Waals surface area contributed by atoms with E-state index >= 15 is 0 Å². The zero-order valence-corrected chi connectivity index (χ0v) is 11.0. The summed E-state index contributed by atoms with van der Waals surface area (Å²) in [5.74, 6) is 0. The second kappa shape index (κ2) is 5.60. The summed E-state index contributed by atoms with van der Waals surface area (Å²) in [6.07, 6.45) is 3.01. The van der Waals surface area contributed by atoms with Crippen LogP contribution in [0.1, 0.15) is 25.0 Å². The summed E-state index contributed by atoms with van der Waals surface area (Å²) < 4.78 is 11.2. The van der Waals surface area contributed by atoms with E-state index in [1.165, 1.54) is 6.07 Å². The van der Waals surface area contributed by atoms with Gasteiger partial charge in [-0.15, -0.1) is 0 Å². The molecule has 6 nitrogen and oxygen atoms in total. The van der Waals surface area contributed by atoms with Crippen molar-refractivity contribution >= 4 is 16.6 Å². The highest BCUT2D eigenvalue weighted by Gasteiger charge is 2.15. The molecule has 0 amide bonds. The molecule has 1 atom stereocenters. The van der Waals surface area contributed by atoms with E-state index in [1.807, 2.05) is 6.07 Å². The lowest BCUT2D eigenvalue weighted by Crippen LogP contribution is -2.22. The van der Waals surface area contributed by atoms with Crippen molar-refractivity contribution in [1.82, 2.24) is 4.98 Å². The second-order valence-corrected chi connectivity index (χ2v) is 4.93. The third-order valence-electron chi connectivity index (χ3n) is 3.43. The van der Waals surface area contributed by atoms with E-state index in [9.17, 15) is 10.1 Å². The average Bonchev–Trinajstić information content (AvgIpc) is 2.88. The Morgan fingerprint density at radius 2 is 2.30 bits per heavy atom. The first-order chi connectivity index (χ1) is 9.72. The van der Waals surface area contributed by atoms with Crippen molar-refractivity contribution in [2.24, 2.45) is 0 Å². The van der Waals surface area contributed by atoms with E-state index in [0.717, 1.165) is 42.5 Å². The first-order valence-electron chi connectivity index (χ1n) is 6.71. The molecule has 1 fully saturated rings. The summed E-state index contributed by atoms with van der Waals surface area (Å²) in [6.45, 7) is 1.18. The Morgan fingerprint density at radius 3 is 3.05 bits per heavy atom. The second-order valence-electron chi connectivity index (χ2n) is 4.93. The molecule has 3 rings (SSSR count). The minimum atomic E-state index is -0.390. The van der Waals surface area contributed by atoms with E-state index in [0.29, 0.717) is 6.61 Å². The monoisotopic (exact) mass is 276 g/mol. The van der Waals surface area contributed by atoms with Gasteiger partial charge in [-0.05, 0) is 31.4 Å². The molecule has 106 valence electrons. The third-order valence-corrected chi connectivity index (χ3v) is 3.43. The molecule has 1 N–H and O–H groups in total. The van der Waals surface area contributed by atoms with Crippen LogP contribution >= 0.6 is 0 Å². The van der Waals surface area contributed by atoms with E-state index in [2.05, 4.69) is 4.98 Å². The third kappa shape index (κ3) is 2.81. The smallest absolute Gasteiger partial charge is 0.270 e. The van der Waals surface area contributed by atoms with Gasteiger partial charge in [0.05, 0.1) is 11.5 Å². The van der Waals surface area contributed by atoms with Crippen LogP contribution in [0.5, 0.6) is 0 Å². The van der Waals surface area contributed by atoms with Crippen LogP contribution < -0.4 is 0 Å². The fraction of sp³-hybridized carbons (Fsp3) is 0.429. The summed E-state index contributed by atoms with van der Waals surface area (Å²) in [5.41, 5.74) is 1.87. The number of ether oxygens (including phenoxy) is 2. The number of nitrogens with one attached hydrogen (secondary N) is 1. The van der Waals surface area contributed by atoms with Gasteiger partial charge in [0.25, 0.3) is 5.69 Å². The Labute approximate surface area is 115 Å². The van der Waals surface area contributed by atoms with Crippen molar-refractivity contribution in [2.45, 2.75) is 32.2 Å². The lowest BCUT2D eigenvalue weighted by Gasteiger charge is -2.22. The van der Waals surface area contributed by atoms with Crippen molar-refractivity contribution in [3.05, 3.63) is 40.1 Å². The van der Waals surface area contributed by atoms with E-state index in [4.69, 9.17) is 9.47 Å². The average molecular weight is 276 g/mol. The molecule has 1 aliphatic heterocycles. The highest BCUT2D eigenvalue weighted by Crippen LogP contribution is 2.22. The van der Waals surface area contributed by atoms with E-state index in [-0.39, 0.29) is 12.0 Å². The van der Waals surface area contributed by atoms with Crippen LogP contribution in [0.3, 0.4) is 0 Å². The molecule has 1 aromatic carbocycles. The minimum absolute atomic E-state index is 0.0968. The first kappa shape index (κ1) is 13.1. The van der Waals surface area contributed by atoms with Crippen molar-refractivity contribution in [3.63, 3.8) is 0 Å². The molecule has 1 aromatic heterocycles. The molecule has 2 heterocycles. The number of benzene rings is 1. The summed E-state index contributed by atoms with van der Waals surface area (Å²) in [5, 5.41) is 11.6. The number of H-pyrrole nitrogens is 1. The Hall–Kier alpha value is -1.92. The Kier molecular flexibility index (Phi) is 3.66. The van der Waals surface area contributed by atoms with Gasteiger partial charge in [-0.3, -0.25) is 10.1 Å². The molecule has 0 radical (unpaired) electrons. The van der Waals surface area contributed by atoms with Gasteiger partial charge >= 0.3 is 0 Å². The predicted octanol–water partition coefficient (Wildman–Crippen LogP) is 3.12. The number of rotatable bonds is 4. The van der Waals surface area contributed by atoms with Crippen LogP contribution in [0.2, 0.25) is 0 Å². The predicted molar refractivity (Wildman–Crippen MR) is 73.3 cm³/mol. The van der Waals surface area contributed by atoms with Crippen molar-refractivity contribution in [2.75, 3.05) is 6.61 Å². The van der Waals surface area contributed by atoms with Gasteiger partial charge in [0.1, 0.15) is 0 Å². The van der Waals surface area contributed by atoms with Gasteiger partial charge in [-0.1, -0.05) is 0 Å². The lowest BCUT2D eigenvalue weighted by atomic mass is 10.2. The van der Waals surface area contributed by atoms with E-state index < -0.39 is 4.92 Å². The number of aromatic amines is 1. The summed E-state index contributed by atoms with van der Waals surface area (Å²) in [6, 6.07) is 6.65. The van der Waals surface area contributed by atoms with Crippen molar-refractivity contribution in [1.29, 1.82) is 0 Å². The molecular formula is C14H16N2O4. The Balaban J connectivity index is 1.70. The van der Waals surface area contributed by atoms with Crippen molar-refractivity contribution in [3.8, 4) is 0 Å². The number of nitro groups is 1. The molecule has 1 aliphatic rings. The number of non-ortho nitro benzene ring substituents is 1. The van der Waals surface area contributed by atoms with Gasteiger partial charge < -0.3 is 14.5 Å². The molecule has 1 unspecified atom stereocenters. The van der Waals surface area contributed by atoms with Crippen LogP contribution in [0.25, 0.3) is 10.9 Å². The van der Waals surface area contributed by atoms with Crippen molar-refractivity contribution < 1.29 is 14.4 Å². The Morgan fingerprint density at radius 1 is 1.40 bits per heavy atom. The van der Waals surface area contributed by atoms with Gasteiger partial charge in [0, 0.05) is 35.3 Å². The van der Waals surface area contributed by atoms with Gasteiger partial charge in [0.15, 0.2) is 6.29 Å². The van der Waals surface area contributed by atoms with Crippen LogP contribution in [-0.2, 0) is 16.1 Å². The maximum absolute atomic E-state index is 10.7. The molecule has 1 saturated heterocycles. The molecular weight excluding hydrogens is 260 g/mol. The largest absolute Gasteiger partial charge is 0.356 e. The summed E-state index contributed by atoms with van der Waals surface area (Å²) in [4.78, 5) is 13.5. The Bertz CT molecular complexity index is 617. The maximum Gasteiger partial charge on any atom is 0.270 e. The highest BCUT2D eigenvalue weighted by molar-refractivity contribution is 5.82. The zero-order chi connectivity index (χ0) is 13.9. The standard InChI is InChI=1S/C14H16N2O4/c17-16(18)12-4-5-13-10(8-12)7-11(15-13)9-20-14-3-1-2-6-19-14/h4-5,7-8,14-15H,1-3,6,9H2. The quantitative estimate of drug-likeness (QED) is 0.687. The normalized spacial score (nSPS) is 19.3. The topological polar surface area (TPSA) is 77.4 Å². The molecule has 6 heteroatoms. The molecule has 2 aromatic rings. The zero-order valence-electron chi connectivity index (χ0n) is 11.0. The van der Waals surface area contributed by atoms with Crippen LogP contribution in [0.15, 0.2) is 24.3 Å². The van der Waals surface area contributed by atoms with E-state index in [1.54, 1.807) is 12.1 Å². The molecule has 20 heavy (non-hydrogen) atoms. The maximum atomic E-state index is 10.7. The van der Waals surface area contributed by atoms with Gasteiger partial charge in [-0.25, -0.2) is 0 Å². The van der Waals surface area contributed by atoms with Gasteiger partial charge in [0.2, 0.25) is 0 Å². The lowest BCUT2D eigenvalue weighted by molar-refractivity contribution is -0.384. The van der Waals surface area contributed by atoms with Gasteiger partial charge in [-0.2, -0.15) is 0 Å². The summed E-state index contributed by atoms with van der Waals surface area (Å²) in [7, 11) is 0. The van der Waals surface area contributed by atoms with Crippen LogP contribution in [0.4, 0.5) is 5.69 Å². The first-order valence-corrected chi connectivity index (χ1v) is 6.71. The molecule has 0 spiro atoms. The molecule has 0 bridgehead atoms. The molecule has 0 aliphatic carbocycles. The number of hydrogen-bond acceptors (Lipinski definition) is 4. The fourth-order valence-corrected chi connectivity index (χ4v) is 2.40. The van der Waals surface area contributed by atoms with Crippen LogP contribution in [0, 0.1) is 10.1 Å². The number of aromatic nitrogens is 1. The number of hydrogen-bond donors (Lipinski definition) is 1. The highest BCUT2D eigenvalue weighted by atomic mass is 16.7. The minimum Gasteiger partial charge on any atom is -0.356 e. The molecule has 0 saturated carbocycles. The number of fused-ring (bicyclic) bond motifs is 1.